The van der Waals surface area contributed by atoms with Crippen LogP contribution in [0.2, 0.25) is 0 Å². The fourth-order valence-corrected chi connectivity index (χ4v) is 3.25. The first-order valence-electron chi connectivity index (χ1n) is 10.3. The number of carbonyl (C=O) groups excluding carboxylic acids is 2. The standard InChI is InChI=1S/C20H36O6/c1-5-10-15(7-3)23-19(21)25-17-12-9-13-18(14-17)26-20(22)24-16(8-4)11-6-2/h15-18H,5-14H2,1-4H3. The summed E-state index contributed by atoms with van der Waals surface area (Å²) in [5, 5.41) is 0. The van der Waals surface area contributed by atoms with E-state index in [1.807, 2.05) is 13.8 Å². The monoisotopic (exact) mass is 372 g/mol. The Morgan fingerprint density at radius 3 is 1.58 bits per heavy atom. The van der Waals surface area contributed by atoms with Gasteiger partial charge < -0.3 is 18.9 Å². The zero-order valence-electron chi connectivity index (χ0n) is 16.8. The molecule has 152 valence electrons. The molecule has 0 amide bonds. The van der Waals surface area contributed by atoms with Gasteiger partial charge in [0.1, 0.15) is 24.4 Å². The van der Waals surface area contributed by atoms with Gasteiger partial charge in [0, 0.05) is 6.42 Å². The Hall–Kier alpha value is -1.46. The van der Waals surface area contributed by atoms with E-state index in [0.717, 1.165) is 57.8 Å². The van der Waals surface area contributed by atoms with Gasteiger partial charge in [0.15, 0.2) is 0 Å². The molecule has 4 atom stereocenters. The molecule has 0 aromatic carbocycles. The minimum absolute atomic E-state index is 0.0948. The first kappa shape index (κ1) is 22.6. The van der Waals surface area contributed by atoms with E-state index in [2.05, 4.69) is 13.8 Å². The molecule has 1 fully saturated rings. The van der Waals surface area contributed by atoms with E-state index in [9.17, 15) is 9.59 Å². The summed E-state index contributed by atoms with van der Waals surface area (Å²) in [5.41, 5.74) is 0. The highest BCUT2D eigenvalue weighted by Crippen LogP contribution is 2.25. The first-order valence-corrected chi connectivity index (χ1v) is 10.3. The van der Waals surface area contributed by atoms with Crippen LogP contribution in [0.3, 0.4) is 0 Å². The minimum atomic E-state index is -0.618. The Morgan fingerprint density at radius 2 is 1.23 bits per heavy atom. The molecule has 1 aliphatic carbocycles. The Bertz CT molecular complexity index is 375. The van der Waals surface area contributed by atoms with Gasteiger partial charge >= 0.3 is 12.3 Å². The number of hydrogen-bond acceptors (Lipinski definition) is 6. The summed E-state index contributed by atoms with van der Waals surface area (Å²) in [7, 11) is 0. The third-order valence-electron chi connectivity index (χ3n) is 4.76. The summed E-state index contributed by atoms with van der Waals surface area (Å²) >= 11 is 0. The molecule has 0 aromatic rings. The molecule has 0 heterocycles. The van der Waals surface area contributed by atoms with Crippen LogP contribution in [0.4, 0.5) is 9.59 Å². The highest BCUT2D eigenvalue weighted by Gasteiger charge is 2.29. The van der Waals surface area contributed by atoms with Gasteiger partial charge in [-0.25, -0.2) is 9.59 Å². The summed E-state index contributed by atoms with van der Waals surface area (Å²) in [6, 6.07) is 0. The van der Waals surface area contributed by atoms with Crippen LogP contribution in [0.25, 0.3) is 0 Å². The molecule has 0 N–H and O–H groups in total. The second-order valence-electron chi connectivity index (χ2n) is 7.02. The molecule has 0 radical (unpaired) electrons. The van der Waals surface area contributed by atoms with Gasteiger partial charge in [0.05, 0.1) is 0 Å². The van der Waals surface area contributed by atoms with Gasteiger partial charge in [-0.1, -0.05) is 40.5 Å². The van der Waals surface area contributed by atoms with Crippen molar-refractivity contribution in [3.63, 3.8) is 0 Å². The van der Waals surface area contributed by atoms with Crippen LogP contribution in [0, 0.1) is 0 Å². The van der Waals surface area contributed by atoms with Gasteiger partial charge in [-0.15, -0.1) is 0 Å². The van der Waals surface area contributed by atoms with Crippen molar-refractivity contribution in [3.05, 3.63) is 0 Å². The van der Waals surface area contributed by atoms with Gasteiger partial charge in [0.25, 0.3) is 0 Å². The molecule has 6 heteroatoms. The third kappa shape index (κ3) is 8.77. The molecular formula is C20H36O6. The highest BCUT2D eigenvalue weighted by molar-refractivity contribution is 5.61. The molecule has 0 bridgehead atoms. The van der Waals surface area contributed by atoms with Crippen molar-refractivity contribution in [2.75, 3.05) is 0 Å². The second kappa shape index (κ2) is 12.8. The lowest BCUT2D eigenvalue weighted by molar-refractivity contribution is -0.0511. The third-order valence-corrected chi connectivity index (χ3v) is 4.76. The maximum Gasteiger partial charge on any atom is 0.508 e. The van der Waals surface area contributed by atoms with E-state index < -0.39 is 12.3 Å². The van der Waals surface area contributed by atoms with E-state index in [0.29, 0.717) is 6.42 Å². The van der Waals surface area contributed by atoms with E-state index in [-0.39, 0.29) is 24.4 Å². The average Bonchev–Trinajstić information content (AvgIpc) is 2.61. The fourth-order valence-electron chi connectivity index (χ4n) is 3.25. The first-order chi connectivity index (χ1) is 12.5. The summed E-state index contributed by atoms with van der Waals surface area (Å²) in [4.78, 5) is 23.9. The maximum atomic E-state index is 12.0. The lowest BCUT2D eigenvalue weighted by atomic mass is 9.95. The number of hydrogen-bond donors (Lipinski definition) is 0. The molecule has 0 aliphatic heterocycles. The Balaban J connectivity index is 2.39. The SMILES string of the molecule is CCCC(CC)OC(=O)OC1CCCC(OC(=O)OC(CC)CCC)C1. The van der Waals surface area contributed by atoms with E-state index in [1.165, 1.54) is 0 Å². The van der Waals surface area contributed by atoms with Crippen molar-refractivity contribution in [2.45, 2.75) is 116 Å². The van der Waals surface area contributed by atoms with Crippen LogP contribution in [-0.4, -0.2) is 36.7 Å². The number of rotatable bonds is 10. The van der Waals surface area contributed by atoms with Crippen molar-refractivity contribution in [1.82, 2.24) is 0 Å². The zero-order valence-corrected chi connectivity index (χ0v) is 16.8. The lowest BCUT2D eigenvalue weighted by Crippen LogP contribution is -2.33. The number of carbonyl (C=O) groups is 2. The fraction of sp³-hybridized carbons (Fsp3) is 0.900. The van der Waals surface area contributed by atoms with Crippen molar-refractivity contribution in [2.24, 2.45) is 0 Å². The summed E-state index contributed by atoms with van der Waals surface area (Å²) in [6.07, 6.45) is 6.06. The molecule has 1 rings (SSSR count). The Labute approximate surface area is 157 Å². The number of ether oxygens (including phenoxy) is 4. The predicted molar refractivity (Wildman–Crippen MR) is 99.2 cm³/mol. The van der Waals surface area contributed by atoms with Crippen LogP contribution >= 0.6 is 0 Å². The molecule has 1 aliphatic rings. The van der Waals surface area contributed by atoms with Gasteiger partial charge in [0.2, 0.25) is 0 Å². The highest BCUT2D eigenvalue weighted by atomic mass is 16.7. The van der Waals surface area contributed by atoms with Crippen LogP contribution in [0.1, 0.15) is 91.9 Å². The topological polar surface area (TPSA) is 71.1 Å². The lowest BCUT2D eigenvalue weighted by Gasteiger charge is -2.29. The predicted octanol–water partition coefficient (Wildman–Crippen LogP) is 5.76. The Morgan fingerprint density at radius 1 is 0.808 bits per heavy atom. The van der Waals surface area contributed by atoms with Crippen molar-refractivity contribution < 1.29 is 28.5 Å². The molecule has 26 heavy (non-hydrogen) atoms. The minimum Gasteiger partial charge on any atom is -0.431 e. The summed E-state index contributed by atoms with van der Waals surface area (Å²) in [6.45, 7) is 8.10. The molecule has 1 saturated carbocycles. The van der Waals surface area contributed by atoms with Gasteiger partial charge in [-0.05, 0) is 44.9 Å². The van der Waals surface area contributed by atoms with Crippen LogP contribution in [0.5, 0.6) is 0 Å². The van der Waals surface area contributed by atoms with Gasteiger partial charge in [-0.3, -0.25) is 0 Å². The van der Waals surface area contributed by atoms with E-state index >= 15 is 0 Å². The summed E-state index contributed by atoms with van der Waals surface area (Å²) < 4.78 is 21.6. The average molecular weight is 373 g/mol. The molecule has 0 aromatic heterocycles. The van der Waals surface area contributed by atoms with Crippen LogP contribution in [0.15, 0.2) is 0 Å². The normalized spacial score (nSPS) is 22.2. The van der Waals surface area contributed by atoms with E-state index in [4.69, 9.17) is 18.9 Å². The molecule has 0 spiro atoms. The zero-order chi connectivity index (χ0) is 19.4. The van der Waals surface area contributed by atoms with Crippen molar-refractivity contribution >= 4 is 12.3 Å². The van der Waals surface area contributed by atoms with E-state index in [1.54, 1.807) is 0 Å². The summed E-state index contributed by atoms with van der Waals surface area (Å²) in [5.74, 6) is 0. The molecule has 4 unspecified atom stereocenters. The smallest absolute Gasteiger partial charge is 0.431 e. The second-order valence-corrected chi connectivity index (χ2v) is 7.02. The molecule has 6 nitrogen and oxygen atoms in total. The molecule has 0 saturated heterocycles. The molecular weight excluding hydrogens is 336 g/mol. The van der Waals surface area contributed by atoms with Crippen molar-refractivity contribution in [1.29, 1.82) is 0 Å². The maximum absolute atomic E-state index is 12.0. The largest absolute Gasteiger partial charge is 0.508 e. The van der Waals surface area contributed by atoms with Gasteiger partial charge in [-0.2, -0.15) is 0 Å². The Kier molecular flexibility index (Phi) is 11.1. The quantitative estimate of drug-likeness (QED) is 0.454. The van der Waals surface area contributed by atoms with Crippen LogP contribution < -0.4 is 0 Å². The van der Waals surface area contributed by atoms with Crippen LogP contribution in [-0.2, 0) is 18.9 Å². The van der Waals surface area contributed by atoms with Crippen molar-refractivity contribution in [3.8, 4) is 0 Å².